The molecule has 0 aliphatic rings. The predicted molar refractivity (Wildman–Crippen MR) is 79.7 cm³/mol. The van der Waals surface area contributed by atoms with Gasteiger partial charge in [0.1, 0.15) is 5.75 Å². The number of benzene rings is 2. The molecule has 2 rings (SSSR count). The van der Waals surface area contributed by atoms with Crippen LogP contribution in [0.15, 0.2) is 53.0 Å². The van der Waals surface area contributed by atoms with Crippen molar-refractivity contribution in [3.8, 4) is 5.75 Å². The maximum Gasteiger partial charge on any atom is 0.262 e. The summed E-state index contributed by atoms with van der Waals surface area (Å²) in [5, 5.41) is 3.31. The topological polar surface area (TPSA) is 38.3 Å². The Bertz CT molecular complexity index is 572. The Balaban J connectivity index is 1.86. The summed E-state index contributed by atoms with van der Waals surface area (Å²) in [7, 11) is 0. The zero-order valence-corrected chi connectivity index (χ0v) is 12.2. The largest absolute Gasteiger partial charge is 0.484 e. The number of hydrogen-bond acceptors (Lipinski definition) is 2. The minimum atomic E-state index is -0.220. The van der Waals surface area contributed by atoms with Crippen LogP contribution >= 0.6 is 27.5 Å². The van der Waals surface area contributed by atoms with E-state index >= 15 is 0 Å². The molecule has 1 N–H and O–H groups in total. The van der Waals surface area contributed by atoms with Crippen LogP contribution in [0.1, 0.15) is 0 Å². The summed E-state index contributed by atoms with van der Waals surface area (Å²) in [5.41, 5.74) is 0.725. The van der Waals surface area contributed by atoms with Gasteiger partial charge in [0, 0.05) is 15.2 Å². The molecule has 3 nitrogen and oxygen atoms in total. The number of nitrogens with one attached hydrogen (secondary N) is 1. The van der Waals surface area contributed by atoms with Crippen molar-refractivity contribution in [1.82, 2.24) is 0 Å². The number of amides is 1. The van der Waals surface area contributed by atoms with Crippen molar-refractivity contribution in [2.45, 2.75) is 0 Å². The highest BCUT2D eigenvalue weighted by atomic mass is 79.9. The van der Waals surface area contributed by atoms with Gasteiger partial charge in [-0.3, -0.25) is 4.79 Å². The fourth-order valence-corrected chi connectivity index (χ4v) is 1.88. The zero-order chi connectivity index (χ0) is 13.7. The van der Waals surface area contributed by atoms with E-state index in [2.05, 4.69) is 21.2 Å². The van der Waals surface area contributed by atoms with Gasteiger partial charge in [-0.05, 0) is 42.5 Å². The molecule has 0 unspecified atom stereocenters. The summed E-state index contributed by atoms with van der Waals surface area (Å²) in [6.07, 6.45) is 0. The Labute approximate surface area is 124 Å². The zero-order valence-electron chi connectivity index (χ0n) is 9.90. The van der Waals surface area contributed by atoms with Crippen molar-refractivity contribution >= 4 is 39.1 Å². The summed E-state index contributed by atoms with van der Waals surface area (Å²) in [5.74, 6) is 0.348. The van der Waals surface area contributed by atoms with Gasteiger partial charge in [0.2, 0.25) is 0 Å². The van der Waals surface area contributed by atoms with Gasteiger partial charge in [-0.25, -0.2) is 0 Å². The Kier molecular flexibility index (Phi) is 4.82. The predicted octanol–water partition coefficient (Wildman–Crippen LogP) is 4.12. The normalized spacial score (nSPS) is 10.0. The Morgan fingerprint density at radius 3 is 2.63 bits per heavy atom. The highest BCUT2D eigenvalue weighted by molar-refractivity contribution is 9.10. The lowest BCUT2D eigenvalue weighted by Crippen LogP contribution is -2.20. The molecule has 0 aliphatic heterocycles. The van der Waals surface area contributed by atoms with Gasteiger partial charge in [-0.2, -0.15) is 0 Å². The van der Waals surface area contributed by atoms with Crippen LogP contribution < -0.4 is 10.1 Å². The van der Waals surface area contributed by atoms with Gasteiger partial charge in [0.15, 0.2) is 6.61 Å². The number of carbonyl (C=O) groups is 1. The average molecular weight is 341 g/mol. The first kappa shape index (κ1) is 13.9. The lowest BCUT2D eigenvalue weighted by molar-refractivity contribution is -0.118. The molecule has 0 spiro atoms. The van der Waals surface area contributed by atoms with Gasteiger partial charge in [-0.15, -0.1) is 0 Å². The van der Waals surface area contributed by atoms with E-state index in [4.69, 9.17) is 16.3 Å². The molecule has 2 aromatic carbocycles. The average Bonchev–Trinajstić information content (AvgIpc) is 2.39. The first-order valence-corrected chi connectivity index (χ1v) is 6.74. The highest BCUT2D eigenvalue weighted by Crippen LogP contribution is 2.17. The van der Waals surface area contributed by atoms with E-state index < -0.39 is 0 Å². The minimum absolute atomic E-state index is 0.0591. The SMILES string of the molecule is O=C(COc1cccc(Cl)c1)Nc1ccc(Br)cc1. The standard InChI is InChI=1S/C14H11BrClNO2/c15-10-4-6-12(7-5-10)17-14(18)9-19-13-3-1-2-11(16)8-13/h1-8H,9H2,(H,17,18). The minimum Gasteiger partial charge on any atom is -0.484 e. The van der Waals surface area contributed by atoms with Crippen LogP contribution in [0.4, 0.5) is 5.69 Å². The maximum absolute atomic E-state index is 11.7. The molecular weight excluding hydrogens is 330 g/mol. The molecule has 0 saturated heterocycles. The van der Waals surface area contributed by atoms with Gasteiger partial charge >= 0.3 is 0 Å². The summed E-state index contributed by atoms with van der Waals surface area (Å²) >= 11 is 9.15. The molecule has 0 heterocycles. The lowest BCUT2D eigenvalue weighted by Gasteiger charge is -2.07. The van der Waals surface area contributed by atoms with E-state index in [9.17, 15) is 4.79 Å². The van der Waals surface area contributed by atoms with Crippen molar-refractivity contribution < 1.29 is 9.53 Å². The van der Waals surface area contributed by atoms with Crippen LogP contribution in [-0.4, -0.2) is 12.5 Å². The molecule has 0 aliphatic carbocycles. The van der Waals surface area contributed by atoms with Gasteiger partial charge in [-0.1, -0.05) is 33.6 Å². The first-order chi connectivity index (χ1) is 9.13. The molecule has 0 saturated carbocycles. The number of ether oxygens (including phenoxy) is 1. The number of halogens is 2. The number of hydrogen-bond donors (Lipinski definition) is 1. The maximum atomic E-state index is 11.7. The van der Waals surface area contributed by atoms with Gasteiger partial charge in [0.05, 0.1) is 0 Å². The molecule has 19 heavy (non-hydrogen) atoms. The number of rotatable bonds is 4. The summed E-state index contributed by atoms with van der Waals surface area (Å²) < 4.78 is 6.30. The molecule has 98 valence electrons. The third kappa shape index (κ3) is 4.58. The summed E-state index contributed by atoms with van der Waals surface area (Å²) in [4.78, 5) is 11.7. The second kappa shape index (κ2) is 6.59. The molecule has 2 aromatic rings. The van der Waals surface area contributed by atoms with Crippen LogP contribution in [0.25, 0.3) is 0 Å². The van der Waals surface area contributed by atoms with Crippen LogP contribution in [-0.2, 0) is 4.79 Å². The van der Waals surface area contributed by atoms with Crippen LogP contribution in [0.2, 0.25) is 5.02 Å². The van der Waals surface area contributed by atoms with Crippen LogP contribution in [0.3, 0.4) is 0 Å². The van der Waals surface area contributed by atoms with Crippen molar-refractivity contribution in [3.05, 3.63) is 58.0 Å². The number of anilines is 1. The lowest BCUT2D eigenvalue weighted by atomic mass is 10.3. The molecule has 0 fully saturated rings. The van der Waals surface area contributed by atoms with E-state index in [0.717, 1.165) is 10.2 Å². The molecular formula is C14H11BrClNO2. The Morgan fingerprint density at radius 1 is 1.21 bits per heavy atom. The number of carbonyl (C=O) groups excluding carboxylic acids is 1. The van der Waals surface area contributed by atoms with Crippen molar-refractivity contribution in [2.24, 2.45) is 0 Å². The van der Waals surface area contributed by atoms with Crippen LogP contribution in [0.5, 0.6) is 5.75 Å². The smallest absolute Gasteiger partial charge is 0.262 e. The highest BCUT2D eigenvalue weighted by Gasteiger charge is 2.04. The van der Waals surface area contributed by atoms with E-state index in [0.29, 0.717) is 10.8 Å². The third-order valence-corrected chi connectivity index (χ3v) is 3.06. The molecule has 5 heteroatoms. The van der Waals surface area contributed by atoms with E-state index in [1.54, 1.807) is 36.4 Å². The second-order valence-corrected chi connectivity index (χ2v) is 5.15. The van der Waals surface area contributed by atoms with Crippen LogP contribution in [0, 0.1) is 0 Å². The van der Waals surface area contributed by atoms with Gasteiger partial charge < -0.3 is 10.1 Å². The summed E-state index contributed by atoms with van der Waals surface area (Å²) in [6.45, 7) is -0.0591. The first-order valence-electron chi connectivity index (χ1n) is 5.57. The molecule has 0 aromatic heterocycles. The molecule has 1 amide bonds. The van der Waals surface area contributed by atoms with Crippen molar-refractivity contribution in [1.29, 1.82) is 0 Å². The fourth-order valence-electron chi connectivity index (χ4n) is 1.44. The fraction of sp³-hybridized carbons (Fsp3) is 0.0714. The van der Waals surface area contributed by atoms with E-state index in [-0.39, 0.29) is 12.5 Å². The van der Waals surface area contributed by atoms with E-state index in [1.165, 1.54) is 0 Å². The quantitative estimate of drug-likeness (QED) is 0.909. The van der Waals surface area contributed by atoms with E-state index in [1.807, 2.05) is 12.1 Å². The Hall–Kier alpha value is -1.52. The van der Waals surface area contributed by atoms with Gasteiger partial charge in [0.25, 0.3) is 5.91 Å². The Morgan fingerprint density at radius 2 is 1.95 bits per heavy atom. The molecule has 0 atom stereocenters. The third-order valence-electron chi connectivity index (χ3n) is 2.29. The summed E-state index contributed by atoms with van der Waals surface area (Å²) in [6, 6.07) is 14.2. The molecule has 0 bridgehead atoms. The second-order valence-electron chi connectivity index (χ2n) is 3.80. The van der Waals surface area contributed by atoms with Crippen molar-refractivity contribution in [2.75, 3.05) is 11.9 Å². The monoisotopic (exact) mass is 339 g/mol. The van der Waals surface area contributed by atoms with Crippen molar-refractivity contribution in [3.63, 3.8) is 0 Å². The molecule has 0 radical (unpaired) electrons.